The molecule has 0 bridgehead atoms. The molecule has 5 nitrogen and oxygen atoms in total. The van der Waals surface area contributed by atoms with Crippen LogP contribution in [0, 0.1) is 3.95 Å². The first kappa shape index (κ1) is 22.6. The first-order valence-corrected chi connectivity index (χ1v) is 12.7. The lowest BCUT2D eigenvalue weighted by molar-refractivity contribution is -0.118. The molecule has 0 atom stereocenters. The van der Waals surface area contributed by atoms with Crippen molar-refractivity contribution in [3.63, 3.8) is 0 Å². The summed E-state index contributed by atoms with van der Waals surface area (Å²) in [6, 6.07) is 24.8. The SMILES string of the molecule is COc1ccc(-c2cc(=O)n(CCC(=O)N3c4ccccc4Sc4ccccc43)c(=S)s2)cc1. The lowest BCUT2D eigenvalue weighted by Gasteiger charge is -2.31. The van der Waals surface area contributed by atoms with E-state index in [0.29, 0.717) is 3.95 Å². The lowest BCUT2D eigenvalue weighted by Crippen LogP contribution is -2.30. The highest BCUT2D eigenvalue weighted by Crippen LogP contribution is 2.48. The second-order valence-electron chi connectivity index (χ2n) is 7.61. The average Bonchev–Trinajstić information content (AvgIpc) is 2.86. The zero-order valence-electron chi connectivity index (χ0n) is 18.3. The summed E-state index contributed by atoms with van der Waals surface area (Å²) in [4.78, 5) is 30.9. The number of hydrogen-bond donors (Lipinski definition) is 0. The third kappa shape index (κ3) is 4.32. The van der Waals surface area contributed by atoms with Crippen molar-refractivity contribution in [2.45, 2.75) is 22.8 Å². The van der Waals surface area contributed by atoms with E-state index >= 15 is 0 Å². The van der Waals surface area contributed by atoms with E-state index in [0.717, 1.165) is 37.4 Å². The molecule has 0 spiro atoms. The van der Waals surface area contributed by atoms with Gasteiger partial charge < -0.3 is 4.74 Å². The van der Waals surface area contributed by atoms with Gasteiger partial charge in [0, 0.05) is 33.7 Å². The number of aromatic nitrogens is 1. The number of rotatable bonds is 5. The highest BCUT2D eigenvalue weighted by molar-refractivity contribution is 7.99. The molecule has 0 N–H and O–H groups in total. The number of para-hydroxylation sites is 2. The standard InChI is InChI=1S/C26H20N2O3S3/c1-31-18-12-10-17(11-13-18)23-16-25(30)27(26(32)34-23)15-14-24(29)28-19-6-2-4-8-21(19)33-22-9-5-3-7-20(22)28/h2-13,16H,14-15H2,1H3. The van der Waals surface area contributed by atoms with E-state index in [1.807, 2.05) is 72.8 Å². The first-order valence-electron chi connectivity index (χ1n) is 10.6. The number of carbonyl (C=O) groups excluding carboxylic acids is 1. The Morgan fingerprint density at radius 1 is 0.941 bits per heavy atom. The van der Waals surface area contributed by atoms with E-state index in [4.69, 9.17) is 17.0 Å². The Morgan fingerprint density at radius 3 is 2.15 bits per heavy atom. The van der Waals surface area contributed by atoms with Crippen LogP contribution in [-0.2, 0) is 11.3 Å². The van der Waals surface area contributed by atoms with Gasteiger partial charge in [0.1, 0.15) is 5.75 Å². The van der Waals surface area contributed by atoms with Crippen LogP contribution in [0.4, 0.5) is 11.4 Å². The molecule has 0 saturated heterocycles. The minimum Gasteiger partial charge on any atom is -0.497 e. The third-order valence-corrected chi connectivity index (χ3v) is 8.11. The minimum absolute atomic E-state index is 0.0780. The quantitative estimate of drug-likeness (QED) is 0.289. The molecular weight excluding hydrogens is 484 g/mol. The van der Waals surface area contributed by atoms with Crippen molar-refractivity contribution < 1.29 is 9.53 Å². The Balaban J connectivity index is 1.40. The summed E-state index contributed by atoms with van der Waals surface area (Å²) in [5.41, 5.74) is 2.41. The molecule has 0 aliphatic carbocycles. The Kier molecular flexibility index (Phi) is 6.36. The normalized spacial score (nSPS) is 12.1. The predicted molar refractivity (Wildman–Crippen MR) is 140 cm³/mol. The molecule has 0 fully saturated rings. The molecule has 8 heteroatoms. The Labute approximate surface area is 210 Å². The van der Waals surface area contributed by atoms with E-state index in [9.17, 15) is 9.59 Å². The monoisotopic (exact) mass is 504 g/mol. The van der Waals surface area contributed by atoms with Crippen molar-refractivity contribution in [3.8, 4) is 16.2 Å². The summed E-state index contributed by atoms with van der Waals surface area (Å²) in [6.07, 6.45) is 0.158. The van der Waals surface area contributed by atoms with Gasteiger partial charge in [-0.25, -0.2) is 0 Å². The Hall–Kier alpha value is -3.20. The molecular formula is C26H20N2O3S3. The summed E-state index contributed by atoms with van der Waals surface area (Å²) < 4.78 is 7.15. The van der Waals surface area contributed by atoms with Crippen molar-refractivity contribution in [2.24, 2.45) is 0 Å². The molecule has 0 saturated carbocycles. The van der Waals surface area contributed by atoms with Gasteiger partial charge in [0.05, 0.1) is 18.5 Å². The number of anilines is 2. The van der Waals surface area contributed by atoms with Crippen LogP contribution in [-0.4, -0.2) is 17.6 Å². The van der Waals surface area contributed by atoms with Crippen LogP contribution >= 0.6 is 35.3 Å². The van der Waals surface area contributed by atoms with Gasteiger partial charge in [-0.2, -0.15) is 0 Å². The molecule has 0 radical (unpaired) electrons. The van der Waals surface area contributed by atoms with E-state index < -0.39 is 0 Å². The zero-order valence-corrected chi connectivity index (χ0v) is 20.7. The molecule has 1 aliphatic rings. The van der Waals surface area contributed by atoms with Crippen LogP contribution < -0.4 is 15.2 Å². The van der Waals surface area contributed by atoms with Gasteiger partial charge in [0.25, 0.3) is 5.56 Å². The average molecular weight is 505 g/mol. The highest BCUT2D eigenvalue weighted by atomic mass is 32.2. The Bertz CT molecular complexity index is 1420. The van der Waals surface area contributed by atoms with Gasteiger partial charge in [0.15, 0.2) is 3.95 Å². The maximum absolute atomic E-state index is 13.4. The van der Waals surface area contributed by atoms with Crippen LogP contribution in [0.1, 0.15) is 6.42 Å². The summed E-state index contributed by atoms with van der Waals surface area (Å²) in [6.45, 7) is 0.226. The fraction of sp³-hybridized carbons (Fsp3) is 0.115. The number of ether oxygens (including phenoxy) is 1. The smallest absolute Gasteiger partial charge is 0.253 e. The van der Waals surface area contributed by atoms with E-state index in [2.05, 4.69) is 0 Å². The van der Waals surface area contributed by atoms with Gasteiger partial charge in [-0.05, 0) is 66.3 Å². The molecule has 3 aromatic carbocycles. The van der Waals surface area contributed by atoms with Crippen LogP contribution in [0.25, 0.3) is 10.4 Å². The number of benzene rings is 3. The lowest BCUT2D eigenvalue weighted by atomic mass is 10.2. The van der Waals surface area contributed by atoms with Gasteiger partial charge in [-0.3, -0.25) is 19.1 Å². The highest BCUT2D eigenvalue weighted by Gasteiger charge is 2.27. The van der Waals surface area contributed by atoms with Gasteiger partial charge in [-0.1, -0.05) is 36.0 Å². The summed E-state index contributed by atoms with van der Waals surface area (Å²) >= 11 is 8.55. The second kappa shape index (κ2) is 9.58. The molecule has 0 unspecified atom stereocenters. The molecule has 4 aromatic rings. The van der Waals surface area contributed by atoms with Gasteiger partial charge in [0.2, 0.25) is 5.91 Å². The number of nitrogens with zero attached hydrogens (tertiary/aromatic N) is 2. The van der Waals surface area contributed by atoms with Crippen molar-refractivity contribution >= 4 is 52.6 Å². The number of carbonyl (C=O) groups is 1. The molecule has 2 heterocycles. The second-order valence-corrected chi connectivity index (χ2v) is 10.4. The van der Waals surface area contributed by atoms with Crippen LogP contribution in [0.5, 0.6) is 5.75 Å². The van der Waals surface area contributed by atoms with Crippen molar-refractivity contribution in [2.75, 3.05) is 12.0 Å². The van der Waals surface area contributed by atoms with Crippen LogP contribution in [0.2, 0.25) is 0 Å². The van der Waals surface area contributed by atoms with Crippen LogP contribution in [0.3, 0.4) is 0 Å². The van der Waals surface area contributed by atoms with Gasteiger partial charge in [-0.15, -0.1) is 11.3 Å². The maximum Gasteiger partial charge on any atom is 0.253 e. The zero-order chi connectivity index (χ0) is 23.7. The largest absolute Gasteiger partial charge is 0.497 e. The number of hydrogen-bond acceptors (Lipinski definition) is 6. The molecule has 5 rings (SSSR count). The third-order valence-electron chi connectivity index (χ3n) is 5.54. The number of methoxy groups -OCH3 is 1. The van der Waals surface area contributed by atoms with Gasteiger partial charge >= 0.3 is 0 Å². The predicted octanol–water partition coefficient (Wildman–Crippen LogP) is 6.53. The molecule has 34 heavy (non-hydrogen) atoms. The molecule has 1 amide bonds. The maximum atomic E-state index is 13.4. The summed E-state index contributed by atoms with van der Waals surface area (Å²) in [5, 5.41) is 0. The summed E-state index contributed by atoms with van der Waals surface area (Å²) in [7, 11) is 1.61. The van der Waals surface area contributed by atoms with Crippen molar-refractivity contribution in [1.82, 2.24) is 4.57 Å². The minimum atomic E-state index is -0.211. The molecule has 1 aromatic heterocycles. The Morgan fingerprint density at radius 2 is 1.56 bits per heavy atom. The van der Waals surface area contributed by atoms with Crippen molar-refractivity contribution in [1.29, 1.82) is 0 Å². The van der Waals surface area contributed by atoms with E-state index in [1.165, 1.54) is 15.9 Å². The van der Waals surface area contributed by atoms with Crippen molar-refractivity contribution in [3.05, 3.63) is 93.2 Å². The summed E-state index contributed by atoms with van der Waals surface area (Å²) in [5.74, 6) is 0.671. The fourth-order valence-corrected chi connectivity index (χ4v) is 6.25. The fourth-order valence-electron chi connectivity index (χ4n) is 3.85. The van der Waals surface area contributed by atoms with E-state index in [-0.39, 0.29) is 24.4 Å². The topological polar surface area (TPSA) is 51.5 Å². The van der Waals surface area contributed by atoms with Crippen LogP contribution in [0.15, 0.2) is 93.4 Å². The molecule has 1 aliphatic heterocycles. The van der Waals surface area contributed by atoms with E-state index in [1.54, 1.807) is 29.8 Å². The number of fused-ring (bicyclic) bond motifs is 2. The first-order chi connectivity index (χ1) is 16.5. The molecule has 170 valence electrons. The number of amides is 1.